The van der Waals surface area contributed by atoms with Crippen molar-refractivity contribution in [3.05, 3.63) is 22.3 Å². The molecule has 1 aromatic rings. The van der Waals surface area contributed by atoms with Crippen molar-refractivity contribution in [1.82, 2.24) is 4.98 Å². The van der Waals surface area contributed by atoms with E-state index in [-0.39, 0.29) is 0 Å². The molecular formula is C11H16BrN3S. The SMILES string of the molecule is CCN(CCC(N)=S)c1nccc(C)c1Br. The van der Waals surface area contributed by atoms with Gasteiger partial charge >= 0.3 is 0 Å². The Hall–Kier alpha value is -0.680. The summed E-state index contributed by atoms with van der Waals surface area (Å²) in [5, 5.41) is 0. The van der Waals surface area contributed by atoms with Crippen LogP contribution in [0.4, 0.5) is 5.82 Å². The Morgan fingerprint density at radius 1 is 1.62 bits per heavy atom. The fourth-order valence-electron chi connectivity index (χ4n) is 1.41. The van der Waals surface area contributed by atoms with Gasteiger partial charge in [0.15, 0.2) is 0 Å². The van der Waals surface area contributed by atoms with Gasteiger partial charge < -0.3 is 10.6 Å². The van der Waals surface area contributed by atoms with Crippen molar-refractivity contribution in [1.29, 1.82) is 0 Å². The highest BCUT2D eigenvalue weighted by Gasteiger charge is 2.11. The molecule has 0 saturated heterocycles. The Bertz CT molecular complexity index is 381. The summed E-state index contributed by atoms with van der Waals surface area (Å²) >= 11 is 8.45. The van der Waals surface area contributed by atoms with Gasteiger partial charge in [0.1, 0.15) is 5.82 Å². The van der Waals surface area contributed by atoms with E-state index in [9.17, 15) is 0 Å². The third-order valence-corrected chi connectivity index (χ3v) is 3.56. The number of nitrogens with two attached hydrogens (primary N) is 1. The van der Waals surface area contributed by atoms with Gasteiger partial charge in [-0.05, 0) is 41.4 Å². The highest BCUT2D eigenvalue weighted by Crippen LogP contribution is 2.26. The second-order valence-corrected chi connectivity index (χ2v) is 4.88. The zero-order chi connectivity index (χ0) is 12.1. The zero-order valence-corrected chi connectivity index (χ0v) is 11.9. The Labute approximate surface area is 110 Å². The first-order valence-electron chi connectivity index (χ1n) is 5.20. The first kappa shape index (κ1) is 13.4. The van der Waals surface area contributed by atoms with Gasteiger partial charge in [-0.25, -0.2) is 4.98 Å². The van der Waals surface area contributed by atoms with Crippen LogP contribution in [0.5, 0.6) is 0 Å². The van der Waals surface area contributed by atoms with Crippen LogP contribution in [0.2, 0.25) is 0 Å². The van der Waals surface area contributed by atoms with Gasteiger partial charge in [0.05, 0.1) is 9.46 Å². The molecule has 16 heavy (non-hydrogen) atoms. The fourth-order valence-corrected chi connectivity index (χ4v) is 1.98. The van der Waals surface area contributed by atoms with Gasteiger partial charge in [-0.2, -0.15) is 0 Å². The maximum atomic E-state index is 5.51. The number of thiocarbonyl (C=S) groups is 1. The molecule has 0 spiro atoms. The minimum Gasteiger partial charge on any atom is -0.393 e. The van der Waals surface area contributed by atoms with Crippen LogP contribution in [-0.2, 0) is 0 Å². The molecule has 0 amide bonds. The monoisotopic (exact) mass is 301 g/mol. The van der Waals surface area contributed by atoms with Crippen LogP contribution in [0.15, 0.2) is 16.7 Å². The lowest BCUT2D eigenvalue weighted by Gasteiger charge is -2.23. The topological polar surface area (TPSA) is 42.1 Å². The first-order chi connectivity index (χ1) is 7.56. The molecule has 0 aliphatic rings. The molecule has 2 N–H and O–H groups in total. The van der Waals surface area contributed by atoms with Crippen molar-refractivity contribution in [3.63, 3.8) is 0 Å². The minimum atomic E-state index is 0.544. The molecule has 0 aliphatic heterocycles. The third kappa shape index (κ3) is 3.42. The van der Waals surface area contributed by atoms with E-state index in [0.717, 1.165) is 23.4 Å². The normalized spacial score (nSPS) is 10.2. The number of nitrogens with zero attached hydrogens (tertiary/aromatic N) is 2. The van der Waals surface area contributed by atoms with Crippen LogP contribution < -0.4 is 10.6 Å². The Morgan fingerprint density at radius 2 is 2.31 bits per heavy atom. The van der Waals surface area contributed by atoms with Gasteiger partial charge in [-0.1, -0.05) is 12.2 Å². The van der Waals surface area contributed by atoms with Crippen molar-refractivity contribution in [2.45, 2.75) is 20.3 Å². The van der Waals surface area contributed by atoms with Crippen LogP contribution in [0.25, 0.3) is 0 Å². The molecule has 1 heterocycles. The van der Waals surface area contributed by atoms with E-state index < -0.39 is 0 Å². The van der Waals surface area contributed by atoms with Crippen LogP contribution in [0, 0.1) is 6.92 Å². The number of hydrogen-bond donors (Lipinski definition) is 1. The summed E-state index contributed by atoms with van der Waals surface area (Å²) in [5.74, 6) is 0.957. The summed E-state index contributed by atoms with van der Waals surface area (Å²) in [6.45, 7) is 5.84. The molecule has 1 aromatic heterocycles. The van der Waals surface area contributed by atoms with Gasteiger partial charge in [-0.15, -0.1) is 0 Å². The standard InChI is InChI=1S/C11H16BrN3S/c1-3-15(7-5-9(13)16)11-10(12)8(2)4-6-14-11/h4,6H,3,5,7H2,1-2H3,(H2,13,16). The second-order valence-electron chi connectivity index (χ2n) is 3.56. The van der Waals surface area contributed by atoms with Crippen LogP contribution in [0.1, 0.15) is 18.9 Å². The summed E-state index contributed by atoms with van der Waals surface area (Å²) in [6.07, 6.45) is 2.53. The van der Waals surface area contributed by atoms with Crippen LogP contribution in [0.3, 0.4) is 0 Å². The summed E-state index contributed by atoms with van der Waals surface area (Å²) in [6, 6.07) is 1.98. The van der Waals surface area contributed by atoms with Gasteiger partial charge in [0, 0.05) is 25.7 Å². The quantitative estimate of drug-likeness (QED) is 0.849. The molecule has 5 heteroatoms. The van der Waals surface area contributed by atoms with Crippen LogP contribution >= 0.6 is 28.1 Å². The van der Waals surface area contributed by atoms with E-state index in [2.05, 4.69) is 39.7 Å². The predicted octanol–water partition coefficient (Wildman–Crippen LogP) is 2.66. The second kappa shape index (κ2) is 6.15. The third-order valence-electron chi connectivity index (χ3n) is 2.37. The number of pyridine rings is 1. The van der Waals surface area contributed by atoms with Crippen molar-refractivity contribution in [2.24, 2.45) is 5.73 Å². The van der Waals surface area contributed by atoms with E-state index in [0.29, 0.717) is 11.4 Å². The molecule has 1 rings (SSSR count). The molecule has 0 aromatic carbocycles. The summed E-state index contributed by atoms with van der Waals surface area (Å²) in [4.78, 5) is 7.09. The van der Waals surface area contributed by atoms with Crippen molar-refractivity contribution < 1.29 is 0 Å². The number of aromatic nitrogens is 1. The minimum absolute atomic E-state index is 0.544. The van der Waals surface area contributed by atoms with E-state index in [4.69, 9.17) is 18.0 Å². The maximum Gasteiger partial charge on any atom is 0.143 e. The lowest BCUT2D eigenvalue weighted by atomic mass is 10.2. The van der Waals surface area contributed by atoms with Crippen LogP contribution in [-0.4, -0.2) is 23.1 Å². The molecule has 0 aliphatic carbocycles. The molecule has 0 unspecified atom stereocenters. The molecule has 3 nitrogen and oxygen atoms in total. The summed E-state index contributed by atoms with van der Waals surface area (Å²) < 4.78 is 1.04. The molecule has 0 bridgehead atoms. The van der Waals surface area contributed by atoms with E-state index in [1.165, 1.54) is 5.56 Å². The number of hydrogen-bond acceptors (Lipinski definition) is 3. The van der Waals surface area contributed by atoms with E-state index in [1.54, 1.807) is 0 Å². The lowest BCUT2D eigenvalue weighted by Crippen LogP contribution is -2.28. The molecular weight excluding hydrogens is 286 g/mol. The highest BCUT2D eigenvalue weighted by atomic mass is 79.9. The summed E-state index contributed by atoms with van der Waals surface area (Å²) in [7, 11) is 0. The number of halogens is 1. The van der Waals surface area contributed by atoms with Crippen molar-refractivity contribution >= 4 is 39.0 Å². The molecule has 88 valence electrons. The van der Waals surface area contributed by atoms with Crippen molar-refractivity contribution in [2.75, 3.05) is 18.0 Å². The largest absolute Gasteiger partial charge is 0.393 e. The molecule has 0 atom stereocenters. The smallest absolute Gasteiger partial charge is 0.143 e. The number of rotatable bonds is 5. The molecule has 0 radical (unpaired) electrons. The average molecular weight is 302 g/mol. The Balaban J connectivity index is 2.86. The fraction of sp³-hybridized carbons (Fsp3) is 0.455. The van der Waals surface area contributed by atoms with E-state index >= 15 is 0 Å². The van der Waals surface area contributed by atoms with Gasteiger partial charge in [-0.3, -0.25) is 0 Å². The lowest BCUT2D eigenvalue weighted by molar-refractivity contribution is 0.816. The number of anilines is 1. The average Bonchev–Trinajstić information content (AvgIpc) is 2.24. The number of aryl methyl sites for hydroxylation is 1. The van der Waals surface area contributed by atoms with Crippen molar-refractivity contribution in [3.8, 4) is 0 Å². The first-order valence-corrected chi connectivity index (χ1v) is 6.40. The maximum absolute atomic E-state index is 5.51. The van der Waals surface area contributed by atoms with Gasteiger partial charge in [0.2, 0.25) is 0 Å². The zero-order valence-electron chi connectivity index (χ0n) is 9.53. The van der Waals surface area contributed by atoms with E-state index in [1.807, 2.05) is 12.3 Å². The predicted molar refractivity (Wildman–Crippen MR) is 76.0 cm³/mol. The molecule has 0 fully saturated rings. The molecule has 0 saturated carbocycles. The highest BCUT2D eigenvalue weighted by molar-refractivity contribution is 9.10. The Kier molecular flexibility index (Phi) is 5.15. The Morgan fingerprint density at radius 3 is 2.88 bits per heavy atom. The van der Waals surface area contributed by atoms with Gasteiger partial charge in [0.25, 0.3) is 0 Å². The summed E-state index contributed by atoms with van der Waals surface area (Å²) in [5.41, 5.74) is 6.69.